The Morgan fingerprint density at radius 2 is 0.556 bits per heavy atom. The molecule has 0 aliphatic heterocycles. The van der Waals surface area contributed by atoms with Crippen molar-refractivity contribution < 1.29 is 51.2 Å². The van der Waals surface area contributed by atoms with E-state index < -0.39 is 16.1 Å². The van der Waals surface area contributed by atoms with Gasteiger partial charge in [0.15, 0.2) is 16.1 Å². The molecule has 63 heavy (non-hydrogen) atoms. The van der Waals surface area contributed by atoms with Gasteiger partial charge in [0, 0.05) is 17.8 Å². The molecule has 0 radical (unpaired) electrons. The van der Waals surface area contributed by atoms with Gasteiger partial charge >= 0.3 is 51.2 Å². The zero-order valence-corrected chi connectivity index (χ0v) is 48.0. The van der Waals surface area contributed by atoms with Gasteiger partial charge in [0.25, 0.3) is 0 Å². The van der Waals surface area contributed by atoms with Crippen molar-refractivity contribution in [3.8, 4) is 35.3 Å². The summed E-state index contributed by atoms with van der Waals surface area (Å²) < 4.78 is 0. The maximum atomic E-state index is 5.18. The first-order valence-corrected chi connectivity index (χ1v) is 28.9. The number of hydrogen-bond acceptors (Lipinski definition) is 0. The van der Waals surface area contributed by atoms with Gasteiger partial charge in [0.1, 0.15) is 0 Å². The van der Waals surface area contributed by atoms with Gasteiger partial charge in [0.05, 0.1) is 0 Å². The Labute approximate surface area is 432 Å². The second-order valence-electron chi connectivity index (χ2n) is 17.9. The van der Waals surface area contributed by atoms with E-state index in [-0.39, 0.29) is 95.8 Å². The van der Waals surface area contributed by atoms with Crippen LogP contribution in [-0.2, 0) is 51.2 Å². The second kappa shape index (κ2) is 47.6. The van der Waals surface area contributed by atoms with Crippen LogP contribution in [0, 0.1) is 97.6 Å². The number of terminal acetylenes is 1. The number of rotatable bonds is 2. The van der Waals surface area contributed by atoms with Crippen molar-refractivity contribution in [1.82, 2.24) is 0 Å². The summed E-state index contributed by atoms with van der Waals surface area (Å²) in [6.45, 7) is 9.41. The first-order valence-electron chi connectivity index (χ1n) is 22.9. The van der Waals surface area contributed by atoms with Crippen molar-refractivity contribution in [2.24, 2.45) is 17.8 Å². The Balaban J connectivity index is -0.000000124. The standard InChI is InChI=1S/2C15H20Si.C7H10.3C5H10.6CH3.3Fe/c2*1-16(2,15-10-4-3-5-11-15)13-12-14-8-6-7-9-14;1-2-7-5-3-4-6-7;3*1-2-4-5-3-1;;;;;;;;;/h2*3-5,10-11,14H,6-9H2,1-2H3;1,7H,3-6H2;3*1-5H2;6*1H3;;;/q;;;;;;6*-1;3*+2. The molecule has 0 saturated heterocycles. The first kappa shape index (κ1) is 76.4. The van der Waals surface area contributed by atoms with E-state index in [1.165, 1.54) is 184 Å². The minimum atomic E-state index is -1.51. The average Bonchev–Trinajstić information content (AvgIpc) is 4.08. The molecule has 2 aromatic carbocycles. The minimum Gasteiger partial charge on any atom is -0.358 e. The summed E-state index contributed by atoms with van der Waals surface area (Å²) in [5, 5.41) is 2.92. The third-order valence-corrected chi connectivity index (χ3v) is 17.3. The zero-order valence-electron chi connectivity index (χ0n) is 42.7. The second-order valence-corrected chi connectivity index (χ2v) is 26.1. The van der Waals surface area contributed by atoms with E-state index in [2.05, 4.69) is 116 Å². The van der Waals surface area contributed by atoms with Gasteiger partial charge in [-0.25, -0.2) is 0 Å². The van der Waals surface area contributed by atoms with Crippen molar-refractivity contribution in [3.05, 3.63) is 105 Å². The first-order chi connectivity index (χ1) is 26.3. The molecule has 6 aliphatic carbocycles. The van der Waals surface area contributed by atoms with E-state index in [9.17, 15) is 0 Å². The van der Waals surface area contributed by atoms with Crippen LogP contribution in [0.25, 0.3) is 0 Å². The maximum absolute atomic E-state index is 5.18. The fourth-order valence-electron chi connectivity index (χ4n) is 8.30. The van der Waals surface area contributed by atoms with E-state index in [0.29, 0.717) is 17.8 Å². The molecule has 6 fully saturated rings. The Kier molecular flexibility index (Phi) is 57.7. The van der Waals surface area contributed by atoms with Crippen LogP contribution in [0.1, 0.15) is 173 Å². The molecule has 8 rings (SSSR count). The molecular formula is C58H98Fe3Si2. The molecule has 0 atom stereocenters. The molecule has 6 aliphatic rings. The van der Waals surface area contributed by atoms with Crippen LogP contribution >= 0.6 is 0 Å². The largest absolute Gasteiger partial charge is 2.00 e. The van der Waals surface area contributed by atoms with E-state index in [0.717, 1.165) is 0 Å². The van der Waals surface area contributed by atoms with Gasteiger partial charge in [-0.15, -0.1) is 35.3 Å². The minimum absolute atomic E-state index is 0. The van der Waals surface area contributed by atoms with E-state index in [4.69, 9.17) is 6.42 Å². The Morgan fingerprint density at radius 1 is 0.349 bits per heavy atom. The summed E-state index contributed by atoms with van der Waals surface area (Å²) in [5.41, 5.74) is 7.21. The van der Waals surface area contributed by atoms with Gasteiger partial charge in [-0.3, -0.25) is 0 Å². The predicted octanol–water partition coefficient (Wildman–Crippen LogP) is 17.0. The van der Waals surface area contributed by atoms with Gasteiger partial charge in [-0.2, -0.15) is 0 Å². The van der Waals surface area contributed by atoms with Crippen molar-refractivity contribution in [2.75, 3.05) is 0 Å². The summed E-state index contributed by atoms with van der Waals surface area (Å²) in [7, 11) is -3.02. The topological polar surface area (TPSA) is 0 Å². The zero-order chi connectivity index (χ0) is 38.6. The van der Waals surface area contributed by atoms with Crippen LogP contribution in [0.5, 0.6) is 0 Å². The summed E-state index contributed by atoms with van der Waals surface area (Å²) in [4.78, 5) is 0. The SMILES string of the molecule is C#CC1CCCC1.C1CCCC1.C1CCCC1.C1CCCC1.C[Si](C)(C#CC1CCCC1)c1ccccc1.C[Si](C)(C#CC1CCCC1)c1ccccc1.[CH3-].[CH3-].[CH3-].[CH3-].[CH3-].[CH3-].[Fe+2].[Fe+2].[Fe+2]. The smallest absolute Gasteiger partial charge is 0.358 e. The van der Waals surface area contributed by atoms with Crippen molar-refractivity contribution >= 4 is 26.5 Å². The molecule has 0 bridgehead atoms. The van der Waals surface area contributed by atoms with Gasteiger partial charge in [-0.05, 0) is 48.9 Å². The fourth-order valence-corrected chi connectivity index (χ4v) is 11.8. The summed E-state index contributed by atoms with van der Waals surface area (Å²) in [6, 6.07) is 21.6. The molecular weight excluding hydrogens is 920 g/mol. The molecule has 0 amide bonds. The Bertz CT molecular complexity index is 1250. The molecule has 6 saturated carbocycles. The maximum Gasteiger partial charge on any atom is 2.00 e. The molecule has 0 unspecified atom stereocenters. The molecule has 0 heterocycles. The van der Waals surface area contributed by atoms with Gasteiger partial charge in [-0.1, -0.05) is 222 Å². The van der Waals surface area contributed by atoms with Crippen molar-refractivity contribution in [1.29, 1.82) is 0 Å². The van der Waals surface area contributed by atoms with Crippen LogP contribution < -0.4 is 10.4 Å². The summed E-state index contributed by atoms with van der Waals surface area (Å²) >= 11 is 0. The molecule has 0 spiro atoms. The molecule has 2 aromatic rings. The molecule has 0 aromatic heterocycles. The quantitative estimate of drug-likeness (QED) is 0.160. The van der Waals surface area contributed by atoms with Crippen LogP contribution in [0.2, 0.25) is 26.2 Å². The normalized spacial score (nSPS) is 16.7. The molecule has 0 nitrogen and oxygen atoms in total. The Hall–Kier alpha value is -0.888. The molecule has 5 heteroatoms. The molecule has 0 N–H and O–H groups in total. The average molecular weight is 1020 g/mol. The molecule has 362 valence electrons. The van der Waals surface area contributed by atoms with Crippen LogP contribution in [0.15, 0.2) is 60.7 Å². The van der Waals surface area contributed by atoms with Gasteiger partial charge < -0.3 is 44.6 Å². The van der Waals surface area contributed by atoms with Crippen molar-refractivity contribution in [3.63, 3.8) is 0 Å². The predicted molar refractivity (Wildman–Crippen MR) is 285 cm³/mol. The van der Waals surface area contributed by atoms with E-state index >= 15 is 0 Å². The van der Waals surface area contributed by atoms with Crippen LogP contribution in [0.4, 0.5) is 0 Å². The van der Waals surface area contributed by atoms with E-state index in [1.807, 2.05) is 0 Å². The van der Waals surface area contributed by atoms with Crippen LogP contribution in [-0.4, -0.2) is 16.1 Å². The summed E-state index contributed by atoms with van der Waals surface area (Å²) in [6.07, 6.45) is 43.8. The summed E-state index contributed by atoms with van der Waals surface area (Å²) in [5.74, 6) is 11.8. The van der Waals surface area contributed by atoms with Crippen molar-refractivity contribution in [2.45, 2.75) is 200 Å². The number of hydrogen-bond donors (Lipinski definition) is 0. The van der Waals surface area contributed by atoms with Crippen LogP contribution in [0.3, 0.4) is 0 Å². The third-order valence-electron chi connectivity index (χ3n) is 12.2. The third kappa shape index (κ3) is 35.9. The van der Waals surface area contributed by atoms with E-state index in [1.54, 1.807) is 0 Å². The van der Waals surface area contributed by atoms with Gasteiger partial charge in [0.2, 0.25) is 0 Å². The Morgan fingerprint density at radius 3 is 0.746 bits per heavy atom. The monoisotopic (exact) mass is 1020 g/mol. The number of benzene rings is 2. The fraction of sp³-hybridized carbons (Fsp3) is 0.586.